The summed E-state index contributed by atoms with van der Waals surface area (Å²) in [5.41, 5.74) is 8.93. The summed E-state index contributed by atoms with van der Waals surface area (Å²) in [6, 6.07) is 34.3. The number of piperazine rings is 2. The summed E-state index contributed by atoms with van der Waals surface area (Å²) in [4.78, 5) is 72.0. The van der Waals surface area contributed by atoms with E-state index in [0.717, 1.165) is 139 Å². The first-order chi connectivity index (χ1) is 41.9. The molecular weight excluding hydrogens is 1110 g/mol. The number of ketones is 2. The van der Waals surface area contributed by atoms with Gasteiger partial charge in [-0.1, -0.05) is 66.7 Å². The molecule has 2 N–H and O–H groups in total. The summed E-state index contributed by atoms with van der Waals surface area (Å²) in [5.74, 6) is -2.06. The van der Waals surface area contributed by atoms with Crippen LogP contribution in [0.25, 0.3) is 32.8 Å². The number of aryl methyl sites for hydroxylation is 3. The third-order valence-electron chi connectivity index (χ3n) is 17.0. The van der Waals surface area contributed by atoms with E-state index in [1.54, 1.807) is 30.3 Å². The van der Waals surface area contributed by atoms with E-state index in [2.05, 4.69) is 120 Å². The number of aromatic nitrogens is 3. The van der Waals surface area contributed by atoms with Crippen molar-refractivity contribution in [1.82, 2.24) is 38.1 Å². The smallest absolute Gasteiger partial charge is 0.230 e. The number of carbonyl (C=O) groups excluding carboxylic acids is 5. The fourth-order valence-electron chi connectivity index (χ4n) is 12.7. The number of benzene rings is 5. The molecule has 7 aromatic rings. The van der Waals surface area contributed by atoms with E-state index < -0.39 is 23.5 Å². The number of rotatable bonds is 27. The van der Waals surface area contributed by atoms with Crippen LogP contribution in [0.15, 0.2) is 103 Å². The number of ether oxygens (including phenoxy) is 4. The Kier molecular flexibility index (Phi) is 19.6. The minimum atomic E-state index is -1.12. The standard InChI is InChI=1S/C66H78N10O9S/c1-45-60(57(71(4)69-45)44-85-48-22-20-47(21-23-48)74-32-34-75(35-33-74)86-70(2)3)52-15-8-14-51-50(17-10-38-84-58-19-7-12-46-11-5-6-13-49(46)58)56(43-77)76(63(51)52)36-31-72-27-29-73(30-28-72)37-40-83-42-41-82-39-26-67-55-18-9-16-53-61(55)65(80)62(64(53)79)54-24-25-59(78)68-66(54)81/h5-9,11-16,18-23,43,54,62,67H,10,17,24-42,44H2,1-4H3,(H,68,78,81). The van der Waals surface area contributed by atoms with E-state index in [1.165, 1.54) is 5.69 Å². The van der Waals surface area contributed by atoms with Crippen molar-refractivity contribution in [1.29, 1.82) is 0 Å². The average Bonchev–Trinajstić information content (AvgIpc) is 2.91. The van der Waals surface area contributed by atoms with Crippen molar-refractivity contribution in [2.45, 2.75) is 45.8 Å². The number of carbonyl (C=O) groups is 5. The van der Waals surface area contributed by atoms with Gasteiger partial charge in [0.05, 0.1) is 73.0 Å². The predicted molar refractivity (Wildman–Crippen MR) is 335 cm³/mol. The first-order valence-electron chi connectivity index (χ1n) is 30.1. The van der Waals surface area contributed by atoms with Crippen LogP contribution in [0.2, 0.25) is 0 Å². The molecule has 0 radical (unpaired) electrons. The Morgan fingerprint density at radius 3 is 2.20 bits per heavy atom. The Morgan fingerprint density at radius 2 is 1.43 bits per heavy atom. The van der Waals surface area contributed by atoms with Crippen LogP contribution in [0.4, 0.5) is 11.4 Å². The number of imide groups is 1. The molecule has 5 aromatic carbocycles. The molecule has 5 heterocycles. The second-order valence-electron chi connectivity index (χ2n) is 22.7. The number of anilines is 2. The van der Waals surface area contributed by atoms with Crippen LogP contribution in [0.3, 0.4) is 0 Å². The summed E-state index contributed by atoms with van der Waals surface area (Å²) in [6.07, 6.45) is 2.71. The fraction of sp³-hybridized carbons (Fsp3) is 0.424. The summed E-state index contributed by atoms with van der Waals surface area (Å²) in [5, 5.41) is 13.8. The number of piperidine rings is 1. The van der Waals surface area contributed by atoms with E-state index in [1.807, 2.05) is 36.0 Å². The minimum Gasteiger partial charge on any atom is -0.493 e. The molecule has 11 rings (SSSR count). The van der Waals surface area contributed by atoms with Crippen molar-refractivity contribution in [3.8, 4) is 22.6 Å². The summed E-state index contributed by atoms with van der Waals surface area (Å²) >= 11 is 1.77. The molecular formula is C66H78N10O9S. The molecule has 2 amide bonds. The second-order valence-corrected chi connectivity index (χ2v) is 24.1. The highest BCUT2D eigenvalue weighted by atomic mass is 32.2. The average molecular weight is 1190 g/mol. The quantitative estimate of drug-likeness (QED) is 0.0166. The van der Waals surface area contributed by atoms with Crippen LogP contribution in [0.5, 0.6) is 11.5 Å². The number of para-hydroxylation sites is 1. The van der Waals surface area contributed by atoms with E-state index in [9.17, 15) is 24.0 Å². The maximum atomic E-state index is 13.5. The van der Waals surface area contributed by atoms with Crippen LogP contribution < -0.4 is 25.0 Å². The Hall–Kier alpha value is -7.43. The van der Waals surface area contributed by atoms with Gasteiger partial charge in [0, 0.05) is 143 Å². The van der Waals surface area contributed by atoms with E-state index in [0.29, 0.717) is 76.1 Å². The zero-order chi connectivity index (χ0) is 59.7. The zero-order valence-corrected chi connectivity index (χ0v) is 50.6. The van der Waals surface area contributed by atoms with Crippen LogP contribution in [-0.4, -0.2) is 182 Å². The highest BCUT2D eigenvalue weighted by Crippen LogP contribution is 2.40. The SMILES string of the molecule is Cc1nn(C)c(COc2ccc(N3CCN(SN(C)C)CC3)cc2)c1-c1cccc2c(CCCOc3cccc4ccccc34)c(C=O)n(CCN3CCN(CCOCCOCCNc4cccc5c4C(=O)C(C4CCC(=O)NC4=O)C5=O)CC3)c12. The molecule has 2 atom stereocenters. The largest absolute Gasteiger partial charge is 0.493 e. The minimum absolute atomic E-state index is 0.101. The van der Waals surface area contributed by atoms with Crippen molar-refractivity contribution in [3.05, 3.63) is 137 Å². The van der Waals surface area contributed by atoms with Crippen molar-refractivity contribution in [3.63, 3.8) is 0 Å². The van der Waals surface area contributed by atoms with Gasteiger partial charge in [-0.05, 0) is 87.6 Å². The lowest BCUT2D eigenvalue weighted by molar-refractivity contribution is -0.137. The highest BCUT2D eigenvalue weighted by molar-refractivity contribution is 7.94. The van der Waals surface area contributed by atoms with E-state index in [4.69, 9.17) is 24.0 Å². The van der Waals surface area contributed by atoms with Gasteiger partial charge in [-0.2, -0.15) is 5.10 Å². The summed E-state index contributed by atoms with van der Waals surface area (Å²) < 4.78 is 33.6. The molecule has 1 aliphatic carbocycles. The van der Waals surface area contributed by atoms with Crippen LogP contribution in [-0.2, 0) is 45.7 Å². The van der Waals surface area contributed by atoms with Crippen molar-refractivity contribution < 1.29 is 42.9 Å². The lowest BCUT2D eigenvalue weighted by atomic mass is 9.82. The third kappa shape index (κ3) is 13.6. The van der Waals surface area contributed by atoms with E-state index >= 15 is 0 Å². The number of nitrogens with zero attached hydrogens (tertiary/aromatic N) is 8. The fourth-order valence-corrected chi connectivity index (χ4v) is 13.5. The van der Waals surface area contributed by atoms with Crippen LogP contribution in [0, 0.1) is 18.8 Å². The number of amides is 2. The van der Waals surface area contributed by atoms with Gasteiger partial charge in [0.15, 0.2) is 17.9 Å². The van der Waals surface area contributed by atoms with Gasteiger partial charge >= 0.3 is 0 Å². The van der Waals surface area contributed by atoms with Gasteiger partial charge < -0.3 is 33.7 Å². The molecule has 2 aromatic heterocycles. The maximum Gasteiger partial charge on any atom is 0.230 e. The molecule has 452 valence electrons. The van der Waals surface area contributed by atoms with Crippen LogP contribution >= 0.6 is 12.1 Å². The Labute approximate surface area is 507 Å². The van der Waals surface area contributed by atoms with E-state index in [-0.39, 0.29) is 30.1 Å². The Bertz CT molecular complexity index is 3560. The van der Waals surface area contributed by atoms with Crippen molar-refractivity contribution >= 4 is 74.9 Å². The number of Topliss-reactive ketones (excluding diaryl/α,β-unsaturated/α-hetero) is 2. The molecule has 4 aliphatic rings. The first-order valence-corrected chi connectivity index (χ1v) is 30.9. The van der Waals surface area contributed by atoms with Crippen molar-refractivity contribution in [2.24, 2.45) is 18.9 Å². The Balaban J connectivity index is 0.695. The summed E-state index contributed by atoms with van der Waals surface area (Å²) in [7, 11) is 6.14. The zero-order valence-electron chi connectivity index (χ0n) is 49.8. The molecule has 2 unspecified atom stereocenters. The topological polar surface area (TPSA) is 185 Å². The van der Waals surface area contributed by atoms with Crippen molar-refractivity contribution in [2.75, 3.05) is 129 Å². The van der Waals surface area contributed by atoms with Gasteiger partial charge in [-0.3, -0.25) is 43.8 Å². The molecule has 20 heteroatoms. The monoisotopic (exact) mass is 1190 g/mol. The second kappa shape index (κ2) is 27.9. The number of nitrogens with one attached hydrogen (secondary N) is 2. The molecule has 86 heavy (non-hydrogen) atoms. The molecule has 0 bridgehead atoms. The molecule has 3 fully saturated rings. The van der Waals surface area contributed by atoms with Gasteiger partial charge in [-0.25, -0.2) is 8.61 Å². The van der Waals surface area contributed by atoms with Gasteiger partial charge in [0.1, 0.15) is 18.1 Å². The predicted octanol–water partition coefficient (Wildman–Crippen LogP) is 7.96. The van der Waals surface area contributed by atoms with Gasteiger partial charge in [0.2, 0.25) is 11.8 Å². The third-order valence-corrected chi connectivity index (χ3v) is 18.0. The highest BCUT2D eigenvalue weighted by Gasteiger charge is 2.48. The molecule has 3 aliphatic heterocycles. The lowest BCUT2D eigenvalue weighted by Crippen LogP contribution is -2.48. The van der Waals surface area contributed by atoms with Gasteiger partial charge in [-0.15, -0.1) is 0 Å². The molecule has 0 spiro atoms. The number of hydrogen-bond donors (Lipinski definition) is 2. The lowest BCUT2D eigenvalue weighted by Gasteiger charge is -2.36. The molecule has 0 saturated carbocycles. The Morgan fingerprint density at radius 1 is 0.721 bits per heavy atom. The number of hydrogen-bond acceptors (Lipinski definition) is 17. The van der Waals surface area contributed by atoms with Crippen LogP contribution in [0.1, 0.15) is 67.4 Å². The number of fused-ring (bicyclic) bond motifs is 3. The maximum absolute atomic E-state index is 13.5. The molecule has 19 nitrogen and oxygen atoms in total. The van der Waals surface area contributed by atoms with Gasteiger partial charge in [0.25, 0.3) is 0 Å². The number of aldehydes is 1. The molecule has 3 saturated heterocycles. The first kappa shape index (κ1) is 60.3. The normalized spacial score (nSPS) is 17.9. The summed E-state index contributed by atoms with van der Waals surface area (Å²) in [6.45, 7) is 14.7.